The summed E-state index contributed by atoms with van der Waals surface area (Å²) < 4.78 is 10.8. The maximum absolute atomic E-state index is 12.4. The minimum absolute atomic E-state index is 0.192. The van der Waals surface area contributed by atoms with E-state index in [2.05, 4.69) is 0 Å². The Bertz CT molecular complexity index is 452. The molecule has 0 bridgehead atoms. The molecule has 0 radical (unpaired) electrons. The topological polar surface area (TPSA) is 79.3 Å². The molecule has 1 atom stereocenters. The summed E-state index contributed by atoms with van der Waals surface area (Å²) in [6.07, 6.45) is -0.932. The van der Waals surface area contributed by atoms with E-state index >= 15 is 0 Å². The Kier molecular flexibility index (Phi) is 5.57. The Morgan fingerprint density at radius 3 is 1.91 bits per heavy atom. The number of nitrogens with zero attached hydrogens (tertiary/aromatic N) is 2. The van der Waals surface area contributed by atoms with Gasteiger partial charge in [-0.05, 0) is 48.5 Å². The van der Waals surface area contributed by atoms with E-state index in [1.165, 1.54) is 9.80 Å². The highest BCUT2D eigenvalue weighted by Crippen LogP contribution is 2.25. The fourth-order valence-electron chi connectivity index (χ4n) is 2.31. The van der Waals surface area contributed by atoms with Gasteiger partial charge in [-0.15, -0.1) is 0 Å². The molecule has 1 heterocycles. The van der Waals surface area contributed by atoms with Crippen molar-refractivity contribution in [1.82, 2.24) is 9.80 Å². The first-order chi connectivity index (χ1) is 10.3. The molecule has 1 N–H and O–H groups in total. The summed E-state index contributed by atoms with van der Waals surface area (Å²) in [6, 6.07) is 0. The summed E-state index contributed by atoms with van der Waals surface area (Å²) in [5, 5.41) is 9.77. The number of carbonyl (C=O) groups excluding carboxylic acids is 2. The van der Waals surface area contributed by atoms with Gasteiger partial charge in [0.1, 0.15) is 11.2 Å². The molecular weight excluding hydrogens is 300 g/mol. The average Bonchev–Trinajstić information content (AvgIpc) is 2.34. The van der Waals surface area contributed by atoms with Crippen LogP contribution in [0.3, 0.4) is 0 Å². The van der Waals surface area contributed by atoms with E-state index in [0.717, 1.165) is 0 Å². The molecular formula is C16H30N2O5. The molecule has 134 valence electrons. The summed E-state index contributed by atoms with van der Waals surface area (Å²) in [6.45, 7) is 13.0. The van der Waals surface area contributed by atoms with Gasteiger partial charge in [0, 0.05) is 19.6 Å². The van der Waals surface area contributed by atoms with Crippen LogP contribution in [0.5, 0.6) is 0 Å². The van der Waals surface area contributed by atoms with Gasteiger partial charge in [-0.2, -0.15) is 0 Å². The molecule has 0 aromatic heterocycles. The van der Waals surface area contributed by atoms with Crippen LogP contribution in [0.15, 0.2) is 0 Å². The zero-order chi connectivity index (χ0) is 18.1. The van der Waals surface area contributed by atoms with Crippen molar-refractivity contribution in [2.45, 2.75) is 65.2 Å². The van der Waals surface area contributed by atoms with Crippen molar-refractivity contribution in [3.05, 3.63) is 0 Å². The van der Waals surface area contributed by atoms with E-state index in [9.17, 15) is 14.7 Å². The van der Waals surface area contributed by atoms with Gasteiger partial charge in [-0.3, -0.25) is 4.90 Å². The van der Waals surface area contributed by atoms with E-state index in [1.54, 1.807) is 48.5 Å². The van der Waals surface area contributed by atoms with Gasteiger partial charge >= 0.3 is 12.2 Å². The number of hydrogen-bond acceptors (Lipinski definition) is 5. The van der Waals surface area contributed by atoms with Crippen LogP contribution in [-0.2, 0) is 9.47 Å². The van der Waals surface area contributed by atoms with Gasteiger partial charge in [-0.25, -0.2) is 9.59 Å². The predicted octanol–water partition coefficient (Wildman–Crippen LogP) is 2.23. The largest absolute Gasteiger partial charge is 0.444 e. The highest BCUT2D eigenvalue weighted by Gasteiger charge is 2.44. The molecule has 0 aromatic carbocycles. The molecule has 1 fully saturated rings. The van der Waals surface area contributed by atoms with Crippen LogP contribution in [0.2, 0.25) is 0 Å². The molecule has 23 heavy (non-hydrogen) atoms. The molecule has 1 unspecified atom stereocenters. The lowest BCUT2D eigenvalue weighted by Crippen LogP contribution is -2.65. The van der Waals surface area contributed by atoms with E-state index < -0.39 is 28.9 Å². The molecule has 1 aliphatic rings. The van der Waals surface area contributed by atoms with Gasteiger partial charge < -0.3 is 19.5 Å². The third kappa shape index (κ3) is 5.57. The summed E-state index contributed by atoms with van der Waals surface area (Å²) in [7, 11) is 0. The maximum Gasteiger partial charge on any atom is 0.410 e. The first-order valence-corrected chi connectivity index (χ1v) is 7.87. The van der Waals surface area contributed by atoms with Crippen LogP contribution < -0.4 is 0 Å². The number of ether oxygens (including phenoxy) is 2. The van der Waals surface area contributed by atoms with Gasteiger partial charge in [0.15, 0.2) is 0 Å². The normalized spacial score (nSPS) is 22.8. The van der Waals surface area contributed by atoms with Gasteiger partial charge in [0.2, 0.25) is 0 Å². The number of rotatable bonds is 1. The molecule has 1 aliphatic heterocycles. The molecule has 2 amide bonds. The van der Waals surface area contributed by atoms with Gasteiger partial charge in [0.25, 0.3) is 0 Å². The van der Waals surface area contributed by atoms with Gasteiger partial charge in [-0.1, -0.05) is 0 Å². The molecule has 7 nitrogen and oxygen atoms in total. The number of piperazine rings is 1. The third-order valence-electron chi connectivity index (χ3n) is 3.38. The summed E-state index contributed by atoms with van der Waals surface area (Å²) in [4.78, 5) is 27.6. The highest BCUT2D eigenvalue weighted by molar-refractivity contribution is 5.72. The van der Waals surface area contributed by atoms with Crippen molar-refractivity contribution in [3.8, 4) is 0 Å². The lowest BCUT2D eigenvalue weighted by atomic mass is 9.98. The Labute approximate surface area is 138 Å². The average molecular weight is 330 g/mol. The zero-order valence-electron chi connectivity index (χ0n) is 15.3. The molecule has 1 saturated heterocycles. The molecule has 0 saturated carbocycles. The number of hydrogen-bond donors (Lipinski definition) is 1. The fourth-order valence-corrected chi connectivity index (χ4v) is 2.31. The Morgan fingerprint density at radius 1 is 1.00 bits per heavy atom. The van der Waals surface area contributed by atoms with Crippen LogP contribution >= 0.6 is 0 Å². The molecule has 1 rings (SSSR count). The van der Waals surface area contributed by atoms with Crippen molar-refractivity contribution in [3.63, 3.8) is 0 Å². The van der Waals surface area contributed by atoms with Crippen LogP contribution in [0.1, 0.15) is 48.5 Å². The van der Waals surface area contributed by atoms with E-state index in [4.69, 9.17) is 9.47 Å². The second-order valence-corrected chi connectivity index (χ2v) is 8.19. The maximum atomic E-state index is 12.4. The van der Waals surface area contributed by atoms with Crippen LogP contribution in [0.4, 0.5) is 9.59 Å². The number of carbonyl (C=O) groups is 2. The summed E-state index contributed by atoms with van der Waals surface area (Å²) in [5.41, 5.74) is -2.11. The molecule has 0 aromatic rings. The number of aliphatic hydroxyl groups excluding tert-OH is 1. The molecule has 7 heteroatoms. The standard InChI is InChI=1S/C16H30N2O5/c1-14(2,3)22-12(20)17-8-9-18(16(7,10-17)11-19)13(21)23-15(4,5)6/h19H,8-11H2,1-7H3. The minimum atomic E-state index is -0.905. The van der Waals surface area contributed by atoms with E-state index in [0.29, 0.717) is 6.54 Å². The smallest absolute Gasteiger partial charge is 0.410 e. The van der Waals surface area contributed by atoms with Crippen molar-refractivity contribution in [1.29, 1.82) is 0 Å². The minimum Gasteiger partial charge on any atom is -0.444 e. The SMILES string of the molecule is CC(C)(C)OC(=O)N1CCN(C(=O)OC(C)(C)C)C(C)(CO)C1. The van der Waals surface area contributed by atoms with E-state index in [1.807, 2.05) is 0 Å². The Morgan fingerprint density at radius 2 is 1.48 bits per heavy atom. The zero-order valence-corrected chi connectivity index (χ0v) is 15.3. The van der Waals surface area contributed by atoms with Crippen molar-refractivity contribution >= 4 is 12.2 Å². The quantitative estimate of drug-likeness (QED) is 0.797. The summed E-state index contributed by atoms with van der Waals surface area (Å²) >= 11 is 0. The van der Waals surface area contributed by atoms with Crippen LogP contribution in [0, 0.1) is 0 Å². The van der Waals surface area contributed by atoms with Crippen LogP contribution in [0.25, 0.3) is 0 Å². The van der Waals surface area contributed by atoms with Crippen molar-refractivity contribution in [2.24, 2.45) is 0 Å². The summed E-state index contributed by atoms with van der Waals surface area (Å²) in [5.74, 6) is 0. The first kappa shape index (κ1) is 19.5. The monoisotopic (exact) mass is 330 g/mol. The highest BCUT2D eigenvalue weighted by atomic mass is 16.6. The predicted molar refractivity (Wildman–Crippen MR) is 86.2 cm³/mol. The second kappa shape index (κ2) is 6.55. The number of aliphatic hydroxyl groups is 1. The number of amides is 2. The molecule has 0 aliphatic carbocycles. The van der Waals surface area contributed by atoms with E-state index in [-0.39, 0.29) is 19.7 Å². The Balaban J connectivity index is 2.83. The van der Waals surface area contributed by atoms with Crippen LogP contribution in [-0.4, -0.2) is 70.1 Å². The lowest BCUT2D eigenvalue weighted by molar-refractivity contribution is -0.0522. The third-order valence-corrected chi connectivity index (χ3v) is 3.38. The Hall–Kier alpha value is -1.50. The van der Waals surface area contributed by atoms with Crippen molar-refractivity contribution < 1.29 is 24.2 Å². The second-order valence-electron chi connectivity index (χ2n) is 8.19. The fraction of sp³-hybridized carbons (Fsp3) is 0.875. The first-order valence-electron chi connectivity index (χ1n) is 7.87. The molecule has 0 spiro atoms. The van der Waals surface area contributed by atoms with Crippen molar-refractivity contribution in [2.75, 3.05) is 26.2 Å². The lowest BCUT2D eigenvalue weighted by Gasteiger charge is -2.47. The van der Waals surface area contributed by atoms with Gasteiger partial charge in [0.05, 0.1) is 12.1 Å².